The maximum absolute atomic E-state index is 14.2. The van der Waals surface area contributed by atoms with E-state index in [1.165, 1.54) is 11.6 Å². The van der Waals surface area contributed by atoms with Gasteiger partial charge in [0.25, 0.3) is 0 Å². The molecule has 2 aromatic rings. The molecule has 0 bridgehead atoms. The molecule has 0 aliphatic carbocycles. The molecule has 2 aromatic carbocycles. The van der Waals surface area contributed by atoms with Gasteiger partial charge in [0.2, 0.25) is 0 Å². The van der Waals surface area contributed by atoms with E-state index in [2.05, 4.69) is 11.4 Å². The van der Waals surface area contributed by atoms with Crippen molar-refractivity contribution in [2.24, 2.45) is 0 Å². The Morgan fingerprint density at radius 2 is 2.10 bits per heavy atom. The molecule has 3 rings (SSSR count). The molecule has 1 aliphatic heterocycles. The molecule has 0 aromatic heterocycles. The van der Waals surface area contributed by atoms with Crippen molar-refractivity contribution < 1.29 is 9.13 Å². The van der Waals surface area contributed by atoms with E-state index in [0.717, 1.165) is 17.7 Å². The SMILES string of the molecule is CNC(c1ccc(Cl)cc1F)c1cccc2c1OCC2. The van der Waals surface area contributed by atoms with E-state index >= 15 is 0 Å². The van der Waals surface area contributed by atoms with Gasteiger partial charge in [0.05, 0.1) is 12.6 Å². The van der Waals surface area contributed by atoms with Crippen molar-refractivity contribution in [1.29, 1.82) is 0 Å². The van der Waals surface area contributed by atoms with E-state index in [9.17, 15) is 4.39 Å². The first-order valence-electron chi connectivity index (χ1n) is 6.57. The van der Waals surface area contributed by atoms with Gasteiger partial charge in [0.1, 0.15) is 11.6 Å². The van der Waals surface area contributed by atoms with Gasteiger partial charge in [-0.15, -0.1) is 0 Å². The Kier molecular flexibility index (Phi) is 3.64. The molecule has 0 fully saturated rings. The summed E-state index contributed by atoms with van der Waals surface area (Å²) in [4.78, 5) is 0. The van der Waals surface area contributed by atoms with Gasteiger partial charge >= 0.3 is 0 Å². The lowest BCUT2D eigenvalue weighted by atomic mass is 9.95. The monoisotopic (exact) mass is 291 g/mol. The number of halogens is 2. The van der Waals surface area contributed by atoms with Crippen LogP contribution >= 0.6 is 11.6 Å². The molecule has 4 heteroatoms. The standard InChI is InChI=1S/C16H15ClFNO/c1-19-15(12-6-5-11(17)9-14(12)18)13-4-2-3-10-7-8-20-16(10)13/h2-6,9,15,19H,7-8H2,1H3. The summed E-state index contributed by atoms with van der Waals surface area (Å²) in [6, 6.07) is 10.5. The van der Waals surface area contributed by atoms with Gasteiger partial charge < -0.3 is 10.1 Å². The Morgan fingerprint density at radius 1 is 1.25 bits per heavy atom. The van der Waals surface area contributed by atoms with E-state index in [1.807, 2.05) is 19.2 Å². The molecule has 1 heterocycles. The van der Waals surface area contributed by atoms with Crippen LogP contribution in [0.1, 0.15) is 22.7 Å². The second kappa shape index (κ2) is 5.43. The average Bonchev–Trinajstić information content (AvgIpc) is 2.91. The highest BCUT2D eigenvalue weighted by Gasteiger charge is 2.24. The molecule has 2 nitrogen and oxygen atoms in total. The zero-order valence-electron chi connectivity index (χ0n) is 11.1. The molecule has 104 valence electrons. The van der Waals surface area contributed by atoms with E-state index < -0.39 is 0 Å². The van der Waals surface area contributed by atoms with Crippen molar-refractivity contribution in [3.05, 3.63) is 63.9 Å². The van der Waals surface area contributed by atoms with Gasteiger partial charge in [-0.2, -0.15) is 0 Å². The van der Waals surface area contributed by atoms with E-state index in [0.29, 0.717) is 17.2 Å². The predicted octanol–water partition coefficient (Wildman–Crippen LogP) is 3.72. The summed E-state index contributed by atoms with van der Waals surface area (Å²) in [5, 5.41) is 3.56. The first-order chi connectivity index (χ1) is 9.70. The Hall–Kier alpha value is -1.58. The van der Waals surface area contributed by atoms with Crippen molar-refractivity contribution in [3.8, 4) is 5.75 Å². The smallest absolute Gasteiger partial charge is 0.129 e. The third-order valence-electron chi connectivity index (χ3n) is 3.62. The zero-order valence-corrected chi connectivity index (χ0v) is 11.9. The van der Waals surface area contributed by atoms with Crippen LogP contribution in [0.3, 0.4) is 0 Å². The molecule has 1 atom stereocenters. The number of rotatable bonds is 3. The lowest BCUT2D eigenvalue weighted by Crippen LogP contribution is -2.19. The van der Waals surface area contributed by atoms with Crippen LogP contribution in [-0.4, -0.2) is 13.7 Å². The quantitative estimate of drug-likeness (QED) is 0.930. The Morgan fingerprint density at radius 3 is 2.85 bits per heavy atom. The second-order valence-electron chi connectivity index (χ2n) is 4.82. The zero-order chi connectivity index (χ0) is 14.1. The molecular formula is C16H15ClFNO. The molecule has 0 radical (unpaired) electrons. The minimum Gasteiger partial charge on any atom is -0.493 e. The first kappa shape index (κ1) is 13.4. The van der Waals surface area contributed by atoms with Crippen LogP contribution in [0.15, 0.2) is 36.4 Å². The molecule has 0 spiro atoms. The lowest BCUT2D eigenvalue weighted by Gasteiger charge is -2.20. The Labute approximate surface area is 122 Å². The summed E-state index contributed by atoms with van der Waals surface area (Å²) in [5.41, 5.74) is 2.71. The van der Waals surface area contributed by atoms with Crippen LogP contribution in [0, 0.1) is 5.82 Å². The fourth-order valence-electron chi connectivity index (χ4n) is 2.68. The van der Waals surface area contributed by atoms with Crippen molar-refractivity contribution in [2.75, 3.05) is 13.7 Å². The summed E-state index contributed by atoms with van der Waals surface area (Å²) < 4.78 is 19.9. The maximum Gasteiger partial charge on any atom is 0.129 e. The fourth-order valence-corrected chi connectivity index (χ4v) is 2.84. The van der Waals surface area contributed by atoms with Gasteiger partial charge in [-0.1, -0.05) is 35.9 Å². The Bertz CT molecular complexity index is 644. The molecule has 1 N–H and O–H groups in total. The van der Waals surface area contributed by atoms with Crippen LogP contribution in [-0.2, 0) is 6.42 Å². The van der Waals surface area contributed by atoms with E-state index in [-0.39, 0.29) is 11.9 Å². The summed E-state index contributed by atoms with van der Waals surface area (Å²) in [6.45, 7) is 0.686. The molecule has 1 aliphatic rings. The van der Waals surface area contributed by atoms with Gasteiger partial charge in [0, 0.05) is 22.6 Å². The summed E-state index contributed by atoms with van der Waals surface area (Å²) in [7, 11) is 1.81. The van der Waals surface area contributed by atoms with Crippen molar-refractivity contribution >= 4 is 11.6 Å². The van der Waals surface area contributed by atoms with Crippen LogP contribution in [0.5, 0.6) is 5.75 Å². The third kappa shape index (κ3) is 2.28. The second-order valence-corrected chi connectivity index (χ2v) is 5.26. The summed E-state index contributed by atoms with van der Waals surface area (Å²) in [6.07, 6.45) is 0.905. The summed E-state index contributed by atoms with van der Waals surface area (Å²) in [5.74, 6) is 0.564. The number of benzene rings is 2. The van der Waals surface area contributed by atoms with Crippen LogP contribution < -0.4 is 10.1 Å². The van der Waals surface area contributed by atoms with Crippen molar-refractivity contribution in [3.63, 3.8) is 0 Å². The molecule has 20 heavy (non-hydrogen) atoms. The number of fused-ring (bicyclic) bond motifs is 1. The van der Waals surface area contributed by atoms with Crippen LogP contribution in [0.2, 0.25) is 5.02 Å². The van der Waals surface area contributed by atoms with E-state index in [1.54, 1.807) is 12.1 Å². The molecule has 0 saturated heterocycles. The molecule has 0 saturated carbocycles. The fraction of sp³-hybridized carbons (Fsp3) is 0.250. The van der Waals surface area contributed by atoms with Crippen LogP contribution in [0.4, 0.5) is 4.39 Å². The van der Waals surface area contributed by atoms with Gasteiger partial charge in [-0.25, -0.2) is 4.39 Å². The molecule has 1 unspecified atom stereocenters. The topological polar surface area (TPSA) is 21.3 Å². The highest BCUT2D eigenvalue weighted by molar-refractivity contribution is 6.30. The minimum atomic E-state index is -0.313. The Balaban J connectivity index is 2.09. The van der Waals surface area contributed by atoms with Crippen molar-refractivity contribution in [2.45, 2.75) is 12.5 Å². The molecule has 0 amide bonds. The van der Waals surface area contributed by atoms with Crippen molar-refractivity contribution in [1.82, 2.24) is 5.32 Å². The predicted molar refractivity (Wildman–Crippen MR) is 78.0 cm³/mol. The minimum absolute atomic E-state index is 0.250. The number of para-hydroxylation sites is 1. The number of nitrogens with one attached hydrogen (secondary N) is 1. The third-order valence-corrected chi connectivity index (χ3v) is 3.85. The highest BCUT2D eigenvalue weighted by atomic mass is 35.5. The summed E-state index contributed by atoms with van der Waals surface area (Å²) >= 11 is 5.82. The number of hydrogen-bond donors (Lipinski definition) is 1. The van der Waals surface area contributed by atoms with Gasteiger partial charge in [0.15, 0.2) is 0 Å². The normalized spacial score (nSPS) is 14.8. The number of ether oxygens (including phenoxy) is 1. The van der Waals surface area contributed by atoms with Crippen LogP contribution in [0.25, 0.3) is 0 Å². The largest absolute Gasteiger partial charge is 0.493 e. The van der Waals surface area contributed by atoms with E-state index in [4.69, 9.17) is 16.3 Å². The van der Waals surface area contributed by atoms with Gasteiger partial charge in [-0.3, -0.25) is 0 Å². The highest BCUT2D eigenvalue weighted by Crippen LogP contribution is 2.37. The number of hydrogen-bond acceptors (Lipinski definition) is 2. The maximum atomic E-state index is 14.2. The van der Waals surface area contributed by atoms with Gasteiger partial charge in [-0.05, 0) is 24.7 Å². The average molecular weight is 292 g/mol. The molecular weight excluding hydrogens is 277 g/mol. The lowest BCUT2D eigenvalue weighted by molar-refractivity contribution is 0.350. The first-order valence-corrected chi connectivity index (χ1v) is 6.95.